The van der Waals surface area contributed by atoms with Crippen molar-refractivity contribution in [2.75, 3.05) is 18.1 Å². The Bertz CT molecular complexity index is 1640. The third-order valence-electron chi connectivity index (χ3n) is 6.40. The Labute approximate surface area is 218 Å². The minimum absolute atomic E-state index is 0.0139. The Hall–Kier alpha value is -3.69. The molecule has 0 aliphatic carbocycles. The van der Waals surface area contributed by atoms with Crippen LogP contribution in [-0.4, -0.2) is 53.0 Å². The monoisotopic (exact) mass is 537 g/mol. The van der Waals surface area contributed by atoms with E-state index in [0.29, 0.717) is 28.9 Å². The van der Waals surface area contributed by atoms with Gasteiger partial charge in [0.25, 0.3) is 0 Å². The molecule has 0 unspecified atom stereocenters. The number of H-pyrrole nitrogens is 1. The van der Waals surface area contributed by atoms with Crippen LogP contribution in [0.1, 0.15) is 34.1 Å². The lowest BCUT2D eigenvalue weighted by atomic mass is 10.0. The standard InChI is InChI=1S/C27H24ClN3O5S/c1-17-20(27(28)31(30-17)19-13-14-37(34,35)16-19)11-12-24(33)36-15-23(32)25-21-9-5-6-10-22(21)29-26(25)18-7-3-2-4-8-18/h2-12,19,29H,13-16H2,1H3/b12-11+/t19-/m1/s1. The van der Waals surface area contributed by atoms with Crippen LogP contribution in [0.25, 0.3) is 28.2 Å². The van der Waals surface area contributed by atoms with Gasteiger partial charge in [-0.1, -0.05) is 60.1 Å². The molecule has 190 valence electrons. The molecule has 4 aromatic rings. The number of hydrogen-bond donors (Lipinski definition) is 1. The highest BCUT2D eigenvalue weighted by Gasteiger charge is 2.31. The average molecular weight is 538 g/mol. The summed E-state index contributed by atoms with van der Waals surface area (Å²) in [5, 5.41) is 5.38. The molecule has 5 rings (SSSR count). The number of Topliss-reactive ketones (excluding diaryl/α,β-unsaturated/α-hetero) is 1. The molecule has 0 radical (unpaired) electrons. The second kappa shape index (κ2) is 9.99. The molecule has 1 aliphatic rings. The summed E-state index contributed by atoms with van der Waals surface area (Å²) in [5.74, 6) is -0.954. The number of benzene rings is 2. The van der Waals surface area contributed by atoms with Gasteiger partial charge in [-0.25, -0.2) is 17.9 Å². The van der Waals surface area contributed by atoms with Crippen molar-refractivity contribution in [3.63, 3.8) is 0 Å². The number of aromatic nitrogens is 3. The van der Waals surface area contributed by atoms with Crippen molar-refractivity contribution in [2.45, 2.75) is 19.4 Å². The molecule has 10 heteroatoms. The lowest BCUT2D eigenvalue weighted by Gasteiger charge is -2.09. The fourth-order valence-corrected chi connectivity index (χ4v) is 6.66. The highest BCUT2D eigenvalue weighted by atomic mass is 35.5. The molecule has 0 spiro atoms. The van der Waals surface area contributed by atoms with E-state index in [2.05, 4.69) is 10.1 Å². The third-order valence-corrected chi connectivity index (χ3v) is 8.53. The van der Waals surface area contributed by atoms with Crippen molar-refractivity contribution < 1.29 is 22.7 Å². The Balaban J connectivity index is 1.31. The van der Waals surface area contributed by atoms with Crippen LogP contribution in [0.5, 0.6) is 0 Å². The van der Waals surface area contributed by atoms with Crippen molar-refractivity contribution in [3.05, 3.63) is 82.6 Å². The fraction of sp³-hybridized carbons (Fsp3) is 0.222. The number of carbonyl (C=O) groups is 2. The molecule has 1 aliphatic heterocycles. The Morgan fingerprint density at radius 3 is 2.62 bits per heavy atom. The number of ether oxygens (including phenoxy) is 1. The molecule has 1 atom stereocenters. The summed E-state index contributed by atoms with van der Waals surface area (Å²) in [7, 11) is -3.10. The van der Waals surface area contributed by atoms with Crippen molar-refractivity contribution in [2.24, 2.45) is 0 Å². The highest BCUT2D eigenvalue weighted by molar-refractivity contribution is 7.91. The number of rotatable bonds is 7. The topological polar surface area (TPSA) is 111 Å². The first kappa shape index (κ1) is 25.0. The molecule has 2 aromatic carbocycles. The van der Waals surface area contributed by atoms with Gasteiger partial charge < -0.3 is 9.72 Å². The Morgan fingerprint density at radius 1 is 1.16 bits per heavy atom. The zero-order valence-corrected chi connectivity index (χ0v) is 21.6. The number of fused-ring (bicyclic) bond motifs is 1. The number of sulfone groups is 1. The van der Waals surface area contributed by atoms with Crippen molar-refractivity contribution in [1.82, 2.24) is 14.8 Å². The number of carbonyl (C=O) groups excluding carboxylic acids is 2. The summed E-state index contributed by atoms with van der Waals surface area (Å²) < 4.78 is 30.4. The summed E-state index contributed by atoms with van der Waals surface area (Å²) in [5.41, 5.74) is 3.85. The van der Waals surface area contributed by atoms with E-state index in [9.17, 15) is 18.0 Å². The van der Waals surface area contributed by atoms with Gasteiger partial charge >= 0.3 is 5.97 Å². The SMILES string of the molecule is Cc1nn([C@@H]2CCS(=O)(=O)C2)c(Cl)c1/C=C/C(=O)OCC(=O)c1c(-c2ccccc2)[nH]c2ccccc12. The van der Waals surface area contributed by atoms with Crippen molar-refractivity contribution in [3.8, 4) is 11.3 Å². The molecule has 0 amide bonds. The minimum Gasteiger partial charge on any atom is -0.454 e. The van der Waals surface area contributed by atoms with Gasteiger partial charge in [-0.3, -0.25) is 4.79 Å². The van der Waals surface area contributed by atoms with Crippen LogP contribution in [-0.2, 0) is 19.4 Å². The second-order valence-electron chi connectivity index (χ2n) is 8.94. The summed E-state index contributed by atoms with van der Waals surface area (Å²) in [6.07, 6.45) is 3.10. The number of esters is 1. The van der Waals surface area contributed by atoms with Crippen LogP contribution in [0.2, 0.25) is 5.15 Å². The third kappa shape index (κ3) is 5.10. The second-order valence-corrected chi connectivity index (χ2v) is 11.5. The first-order chi connectivity index (χ1) is 17.7. The number of aryl methyl sites for hydroxylation is 1. The molecule has 0 saturated carbocycles. The zero-order valence-electron chi connectivity index (χ0n) is 20.0. The van der Waals surface area contributed by atoms with Gasteiger partial charge in [0.15, 0.2) is 16.4 Å². The zero-order chi connectivity index (χ0) is 26.2. The molecule has 1 N–H and O–H groups in total. The average Bonchev–Trinajstić information content (AvgIpc) is 3.54. The maximum Gasteiger partial charge on any atom is 0.331 e. The highest BCUT2D eigenvalue weighted by Crippen LogP contribution is 2.32. The number of nitrogens with one attached hydrogen (secondary N) is 1. The van der Waals surface area contributed by atoms with Gasteiger partial charge in [0.05, 0.1) is 34.5 Å². The van der Waals surface area contributed by atoms with Crippen molar-refractivity contribution >= 4 is 50.2 Å². The fourth-order valence-electron chi connectivity index (χ4n) is 4.59. The van der Waals surface area contributed by atoms with Gasteiger partial charge in [0.1, 0.15) is 5.15 Å². The van der Waals surface area contributed by atoms with Crippen LogP contribution in [0.4, 0.5) is 0 Å². The summed E-state index contributed by atoms with van der Waals surface area (Å²) in [6.45, 7) is 1.29. The summed E-state index contributed by atoms with van der Waals surface area (Å²) >= 11 is 6.46. The van der Waals surface area contributed by atoms with Crippen LogP contribution in [0.15, 0.2) is 60.7 Å². The number of aromatic amines is 1. The van der Waals surface area contributed by atoms with E-state index in [1.165, 1.54) is 16.8 Å². The van der Waals surface area contributed by atoms with Crippen LogP contribution in [0.3, 0.4) is 0 Å². The number of halogens is 1. The van der Waals surface area contributed by atoms with E-state index in [4.69, 9.17) is 16.3 Å². The number of nitrogens with zero attached hydrogens (tertiary/aromatic N) is 2. The number of para-hydroxylation sites is 1. The molecule has 1 fully saturated rings. The Morgan fingerprint density at radius 2 is 1.89 bits per heavy atom. The van der Waals surface area contributed by atoms with E-state index in [1.807, 2.05) is 54.6 Å². The van der Waals surface area contributed by atoms with Crippen LogP contribution in [0, 0.1) is 6.92 Å². The number of hydrogen-bond acceptors (Lipinski definition) is 6. The molecule has 37 heavy (non-hydrogen) atoms. The van der Waals surface area contributed by atoms with E-state index >= 15 is 0 Å². The van der Waals surface area contributed by atoms with Gasteiger partial charge in [-0.2, -0.15) is 5.10 Å². The molecule has 2 aromatic heterocycles. The van der Waals surface area contributed by atoms with Crippen LogP contribution < -0.4 is 0 Å². The molecular weight excluding hydrogens is 514 g/mol. The molecule has 3 heterocycles. The van der Waals surface area contributed by atoms with Gasteiger partial charge in [-0.05, 0) is 31.1 Å². The van der Waals surface area contributed by atoms with E-state index < -0.39 is 22.4 Å². The maximum atomic E-state index is 13.2. The molecular formula is C27H24ClN3O5S. The normalized spacial score (nSPS) is 17.0. The van der Waals surface area contributed by atoms with E-state index in [-0.39, 0.29) is 28.5 Å². The quantitative estimate of drug-likeness (QED) is 0.206. The van der Waals surface area contributed by atoms with E-state index in [0.717, 1.165) is 16.5 Å². The predicted octanol–water partition coefficient (Wildman–Crippen LogP) is 4.79. The van der Waals surface area contributed by atoms with Crippen molar-refractivity contribution in [1.29, 1.82) is 0 Å². The largest absolute Gasteiger partial charge is 0.454 e. The Kier molecular flexibility index (Phi) is 6.74. The lowest BCUT2D eigenvalue weighted by Crippen LogP contribution is -2.13. The van der Waals surface area contributed by atoms with Gasteiger partial charge in [0.2, 0.25) is 5.78 Å². The minimum atomic E-state index is -3.10. The lowest BCUT2D eigenvalue weighted by molar-refractivity contribution is -0.136. The van der Waals surface area contributed by atoms with Crippen LogP contribution >= 0.6 is 11.6 Å². The summed E-state index contributed by atoms with van der Waals surface area (Å²) in [6, 6.07) is 16.6. The molecule has 8 nitrogen and oxygen atoms in total. The summed E-state index contributed by atoms with van der Waals surface area (Å²) in [4.78, 5) is 29.0. The first-order valence-electron chi connectivity index (χ1n) is 11.7. The first-order valence-corrected chi connectivity index (χ1v) is 13.9. The van der Waals surface area contributed by atoms with Gasteiger partial charge in [0, 0.05) is 22.5 Å². The van der Waals surface area contributed by atoms with Gasteiger partial charge in [-0.15, -0.1) is 0 Å². The van der Waals surface area contributed by atoms with E-state index in [1.54, 1.807) is 6.92 Å². The maximum absolute atomic E-state index is 13.2. The smallest absolute Gasteiger partial charge is 0.331 e. The number of ketones is 1. The predicted molar refractivity (Wildman–Crippen MR) is 142 cm³/mol. The molecule has 1 saturated heterocycles. The molecule has 0 bridgehead atoms.